The Labute approximate surface area is 85.3 Å². The van der Waals surface area contributed by atoms with Crippen LogP contribution in [-0.4, -0.2) is 9.78 Å². The van der Waals surface area contributed by atoms with Gasteiger partial charge in [-0.15, -0.1) is 0 Å². The van der Waals surface area contributed by atoms with Crippen LogP contribution < -0.4 is 5.56 Å². The van der Waals surface area contributed by atoms with E-state index in [-0.39, 0.29) is 5.56 Å². The largest absolute Gasteiger partial charge is 0.299 e. The molecule has 1 atom stereocenters. The topological polar surface area (TPSA) is 37.8 Å². The molecule has 1 heterocycles. The maximum atomic E-state index is 11.6. The van der Waals surface area contributed by atoms with E-state index in [4.69, 9.17) is 0 Å². The fourth-order valence-corrected chi connectivity index (χ4v) is 1.90. The molecule has 1 unspecified atom stereocenters. The van der Waals surface area contributed by atoms with E-state index in [1.54, 1.807) is 4.68 Å². The molecule has 1 aliphatic rings. The minimum atomic E-state index is 0.0666. The molecule has 1 aromatic heterocycles. The number of aromatic nitrogens is 2. The van der Waals surface area contributed by atoms with Crippen molar-refractivity contribution in [2.24, 2.45) is 5.92 Å². The van der Waals surface area contributed by atoms with E-state index in [1.165, 1.54) is 12.8 Å². The number of halogens is 1. The van der Waals surface area contributed by atoms with Crippen molar-refractivity contribution in [1.82, 2.24) is 9.78 Å². The number of hydrogen-bond acceptors (Lipinski definition) is 1. The molecule has 0 aliphatic heterocycles. The van der Waals surface area contributed by atoms with Crippen LogP contribution in [0.2, 0.25) is 0 Å². The summed E-state index contributed by atoms with van der Waals surface area (Å²) in [5, 5.41) is 3.09. The van der Waals surface area contributed by atoms with Crippen molar-refractivity contribution in [1.29, 1.82) is 0 Å². The van der Waals surface area contributed by atoms with Gasteiger partial charge in [0.15, 0.2) is 0 Å². The molecule has 13 heavy (non-hydrogen) atoms. The summed E-state index contributed by atoms with van der Waals surface area (Å²) in [7, 11) is 0. The average molecular weight is 245 g/mol. The third kappa shape index (κ3) is 1.47. The van der Waals surface area contributed by atoms with Crippen LogP contribution in [0.3, 0.4) is 0 Å². The molecular formula is C9H13BrN2O. The van der Waals surface area contributed by atoms with Crippen molar-refractivity contribution in [3.63, 3.8) is 0 Å². The maximum absolute atomic E-state index is 11.6. The standard InChI is InChI=1S/C9H13BrN2O/c1-5-8(10)9(13)12(11-5)6(2)7-3-4-7/h6-7,11H,3-4H2,1-2H3. The Kier molecular flexibility index (Phi) is 2.10. The Morgan fingerprint density at radius 1 is 1.62 bits per heavy atom. The maximum Gasteiger partial charge on any atom is 0.281 e. The molecule has 0 saturated heterocycles. The Bertz CT molecular complexity index is 375. The van der Waals surface area contributed by atoms with E-state index in [0.717, 1.165) is 5.69 Å². The highest BCUT2D eigenvalue weighted by molar-refractivity contribution is 9.10. The summed E-state index contributed by atoms with van der Waals surface area (Å²) in [5.74, 6) is 0.697. The molecule has 2 rings (SSSR count). The first kappa shape index (κ1) is 9.06. The predicted octanol–water partition coefficient (Wildman–Crippen LogP) is 2.22. The molecule has 1 fully saturated rings. The van der Waals surface area contributed by atoms with Gasteiger partial charge < -0.3 is 0 Å². The summed E-state index contributed by atoms with van der Waals surface area (Å²) in [6.07, 6.45) is 2.51. The van der Waals surface area contributed by atoms with Gasteiger partial charge in [-0.2, -0.15) is 0 Å². The Morgan fingerprint density at radius 3 is 2.62 bits per heavy atom. The number of rotatable bonds is 2. The average Bonchev–Trinajstić information content (AvgIpc) is 2.89. The highest BCUT2D eigenvalue weighted by Gasteiger charge is 2.30. The van der Waals surface area contributed by atoms with Crippen LogP contribution in [0.15, 0.2) is 9.27 Å². The Hall–Kier alpha value is -0.510. The van der Waals surface area contributed by atoms with Crippen molar-refractivity contribution in [3.8, 4) is 0 Å². The lowest BCUT2D eigenvalue weighted by Crippen LogP contribution is -2.22. The van der Waals surface area contributed by atoms with Crippen molar-refractivity contribution in [2.45, 2.75) is 32.7 Å². The van der Waals surface area contributed by atoms with Gasteiger partial charge in [-0.05, 0) is 48.5 Å². The zero-order valence-electron chi connectivity index (χ0n) is 7.80. The van der Waals surface area contributed by atoms with Gasteiger partial charge in [0.05, 0.1) is 6.04 Å². The third-order valence-electron chi connectivity index (χ3n) is 2.74. The zero-order chi connectivity index (χ0) is 9.59. The molecule has 1 aliphatic carbocycles. The number of nitrogens with one attached hydrogen (secondary N) is 1. The van der Waals surface area contributed by atoms with Gasteiger partial charge in [-0.3, -0.25) is 9.89 Å². The fourth-order valence-electron chi connectivity index (χ4n) is 1.62. The number of nitrogens with zero attached hydrogens (tertiary/aromatic N) is 1. The first-order valence-corrected chi connectivity index (χ1v) is 5.37. The minimum Gasteiger partial charge on any atom is -0.299 e. The second-order valence-corrected chi connectivity index (χ2v) is 4.60. The highest BCUT2D eigenvalue weighted by Crippen LogP contribution is 2.38. The van der Waals surface area contributed by atoms with Gasteiger partial charge in [0.1, 0.15) is 4.47 Å². The van der Waals surface area contributed by atoms with Gasteiger partial charge in [0.25, 0.3) is 5.56 Å². The van der Waals surface area contributed by atoms with Crippen LogP contribution in [0.5, 0.6) is 0 Å². The van der Waals surface area contributed by atoms with Gasteiger partial charge in [0.2, 0.25) is 0 Å². The summed E-state index contributed by atoms with van der Waals surface area (Å²) >= 11 is 3.27. The molecule has 0 amide bonds. The summed E-state index contributed by atoms with van der Waals surface area (Å²) in [6.45, 7) is 4.00. The van der Waals surface area contributed by atoms with E-state index in [9.17, 15) is 4.79 Å². The molecule has 3 nitrogen and oxygen atoms in total. The quantitative estimate of drug-likeness (QED) is 0.852. The number of H-pyrrole nitrogens is 1. The van der Waals surface area contributed by atoms with Gasteiger partial charge in [-0.1, -0.05) is 0 Å². The van der Waals surface area contributed by atoms with Crippen molar-refractivity contribution < 1.29 is 0 Å². The normalized spacial score (nSPS) is 19.0. The van der Waals surface area contributed by atoms with Gasteiger partial charge >= 0.3 is 0 Å². The van der Waals surface area contributed by atoms with Crippen LogP contribution in [-0.2, 0) is 0 Å². The first-order valence-electron chi connectivity index (χ1n) is 4.58. The molecule has 4 heteroatoms. The zero-order valence-corrected chi connectivity index (χ0v) is 9.39. The highest BCUT2D eigenvalue weighted by atomic mass is 79.9. The number of hydrogen-bond donors (Lipinski definition) is 1. The molecule has 0 bridgehead atoms. The van der Waals surface area contributed by atoms with Gasteiger partial charge in [0, 0.05) is 5.69 Å². The molecular weight excluding hydrogens is 232 g/mol. The van der Waals surface area contributed by atoms with Crippen molar-refractivity contribution in [3.05, 3.63) is 20.5 Å². The molecule has 0 spiro atoms. The van der Waals surface area contributed by atoms with Gasteiger partial charge in [-0.25, -0.2) is 4.68 Å². The summed E-state index contributed by atoms with van der Waals surface area (Å²) < 4.78 is 2.40. The lowest BCUT2D eigenvalue weighted by molar-refractivity contribution is 0.427. The van der Waals surface area contributed by atoms with E-state index in [2.05, 4.69) is 28.0 Å². The van der Waals surface area contributed by atoms with E-state index in [1.807, 2.05) is 6.92 Å². The van der Waals surface area contributed by atoms with Crippen LogP contribution in [0.4, 0.5) is 0 Å². The Balaban J connectivity index is 2.39. The lowest BCUT2D eigenvalue weighted by Gasteiger charge is -2.09. The molecule has 1 N–H and O–H groups in total. The second kappa shape index (κ2) is 3.01. The van der Waals surface area contributed by atoms with Crippen molar-refractivity contribution in [2.75, 3.05) is 0 Å². The minimum absolute atomic E-state index is 0.0666. The number of aromatic amines is 1. The molecule has 72 valence electrons. The van der Waals surface area contributed by atoms with Crippen LogP contribution in [0.1, 0.15) is 31.5 Å². The smallest absolute Gasteiger partial charge is 0.281 e. The fraction of sp³-hybridized carbons (Fsp3) is 0.667. The summed E-state index contributed by atoms with van der Waals surface area (Å²) in [4.78, 5) is 11.6. The monoisotopic (exact) mass is 244 g/mol. The molecule has 0 radical (unpaired) electrons. The van der Waals surface area contributed by atoms with E-state index in [0.29, 0.717) is 16.4 Å². The summed E-state index contributed by atoms with van der Waals surface area (Å²) in [6, 6.07) is 0.317. The molecule has 1 saturated carbocycles. The van der Waals surface area contributed by atoms with Crippen LogP contribution >= 0.6 is 15.9 Å². The Morgan fingerprint density at radius 2 is 2.23 bits per heavy atom. The van der Waals surface area contributed by atoms with Crippen LogP contribution in [0, 0.1) is 12.8 Å². The van der Waals surface area contributed by atoms with Crippen LogP contribution in [0.25, 0.3) is 0 Å². The first-order chi connectivity index (χ1) is 6.11. The SMILES string of the molecule is Cc1[nH]n(C(C)C2CC2)c(=O)c1Br. The third-order valence-corrected chi connectivity index (χ3v) is 3.67. The number of aryl methyl sites for hydroxylation is 1. The lowest BCUT2D eigenvalue weighted by atomic mass is 10.2. The summed E-state index contributed by atoms with van der Waals surface area (Å²) in [5.41, 5.74) is 0.981. The molecule has 1 aromatic rings. The molecule has 0 aromatic carbocycles. The van der Waals surface area contributed by atoms with E-state index < -0.39 is 0 Å². The van der Waals surface area contributed by atoms with Crippen molar-refractivity contribution >= 4 is 15.9 Å². The second-order valence-electron chi connectivity index (χ2n) is 3.80. The predicted molar refractivity (Wildman–Crippen MR) is 54.9 cm³/mol. The van der Waals surface area contributed by atoms with E-state index >= 15 is 0 Å².